The Kier molecular flexibility index (Phi) is 11.3. The topological polar surface area (TPSA) is 50.9 Å². The fourth-order valence-corrected chi connectivity index (χ4v) is 10.9. The van der Waals surface area contributed by atoms with Gasteiger partial charge in [0.25, 0.3) is 0 Å². The maximum Gasteiger partial charge on any atom is 0.149 e. The fraction of sp³-hybridized carbons (Fsp3) is 0.118. The van der Waals surface area contributed by atoms with Gasteiger partial charge in [0.05, 0.1) is 28.0 Å². The van der Waals surface area contributed by atoms with E-state index < -0.39 is 6.37 Å². The first-order valence-corrected chi connectivity index (χ1v) is 25.1. The first-order chi connectivity index (χ1) is 36.2. The molecule has 1 N–H and O–H groups in total. The molecule has 348 valence electrons. The monoisotopic (exact) mass is 931 g/mol. The van der Waals surface area contributed by atoms with Gasteiger partial charge in [0.1, 0.15) is 11.6 Å². The molecule has 4 nitrogen and oxygen atoms in total. The van der Waals surface area contributed by atoms with Crippen LogP contribution in [0.15, 0.2) is 243 Å². The molecule has 0 bridgehead atoms. The number of phenols is 1. The normalized spacial score (nSPS) is 13.5. The number of rotatable bonds is 12. The smallest absolute Gasteiger partial charge is 0.149 e. The summed E-state index contributed by atoms with van der Waals surface area (Å²) >= 11 is 0. The molecule has 1 aliphatic carbocycles. The highest BCUT2D eigenvalue weighted by molar-refractivity contribution is 5.98. The minimum absolute atomic E-state index is 0.0339. The van der Waals surface area contributed by atoms with E-state index in [2.05, 4.69) is 181 Å². The van der Waals surface area contributed by atoms with Crippen molar-refractivity contribution in [1.29, 1.82) is 0 Å². The molecule has 0 spiro atoms. The predicted octanol–water partition coefficient (Wildman–Crippen LogP) is 17.2. The van der Waals surface area contributed by atoms with Gasteiger partial charge in [-0.3, -0.25) is 9.55 Å². The number of aromatic hydroxyl groups is 1. The second-order valence-electron chi connectivity index (χ2n) is 19.2. The highest BCUT2D eigenvalue weighted by Gasteiger charge is 2.31. The molecule has 0 atom stereocenters. The molecule has 11 aromatic rings. The van der Waals surface area contributed by atoms with Gasteiger partial charge in [0.2, 0.25) is 0 Å². The molecule has 9 aromatic carbocycles. The van der Waals surface area contributed by atoms with E-state index in [4.69, 9.17) is 9.97 Å². The van der Waals surface area contributed by atoms with Crippen LogP contribution in [0.4, 0.5) is 0 Å². The van der Waals surface area contributed by atoms with Crippen LogP contribution in [0.5, 0.6) is 5.75 Å². The highest BCUT2D eigenvalue weighted by atomic mass is 16.3. The molecule has 12 rings (SSSR count). The molecule has 0 amide bonds. The maximum atomic E-state index is 11.6. The van der Waals surface area contributed by atoms with Gasteiger partial charge < -0.3 is 5.11 Å². The molecular weight excluding hydrogens is 875 g/mol. The summed E-state index contributed by atoms with van der Waals surface area (Å²) in [7, 11) is 0. The zero-order valence-corrected chi connectivity index (χ0v) is 40.3. The van der Waals surface area contributed by atoms with Gasteiger partial charge in [-0.15, -0.1) is 0 Å². The number of nitrogens with zero attached hydrogens (tertiary/aromatic N) is 3. The van der Waals surface area contributed by atoms with Crippen molar-refractivity contribution in [3.8, 4) is 78.6 Å². The Bertz CT molecular complexity index is 3730. The molecular formula is C68H55N3O. The lowest BCUT2D eigenvalue weighted by Crippen LogP contribution is -2.25. The van der Waals surface area contributed by atoms with E-state index in [1.165, 1.54) is 16.7 Å². The molecule has 0 saturated heterocycles. The first kappa shape index (κ1) is 42.3. The number of phenolic OH excluding ortho intramolecular Hbond substituents is 1. The number of pyridine rings is 1. The lowest BCUT2D eigenvalue weighted by atomic mass is 9.71. The van der Waals surface area contributed by atoms with Crippen LogP contribution >= 0.6 is 0 Å². The largest absolute Gasteiger partial charge is 0.507 e. The van der Waals surface area contributed by atoms with Crippen LogP contribution < -0.4 is 0 Å². The fourth-order valence-electron chi connectivity index (χ4n) is 10.9. The predicted molar refractivity (Wildman–Crippen MR) is 297 cm³/mol. The first-order valence-electron chi connectivity index (χ1n) is 26.1. The van der Waals surface area contributed by atoms with Crippen LogP contribution in [0.3, 0.4) is 0 Å². The Morgan fingerprint density at radius 3 is 1.78 bits per heavy atom. The van der Waals surface area contributed by atoms with Crippen LogP contribution in [-0.4, -0.2) is 19.6 Å². The summed E-state index contributed by atoms with van der Waals surface area (Å²) in [6, 6.07) is 81.8. The lowest BCUT2D eigenvalue weighted by molar-refractivity contribution is 0.477. The minimum Gasteiger partial charge on any atom is -0.507 e. The van der Waals surface area contributed by atoms with Crippen molar-refractivity contribution in [2.45, 2.75) is 44.4 Å². The molecule has 0 radical (unpaired) electrons. The summed E-state index contributed by atoms with van der Waals surface area (Å²) in [5.74, 6) is 0.673. The van der Waals surface area contributed by atoms with Crippen LogP contribution in [0.25, 0.3) is 83.9 Å². The van der Waals surface area contributed by atoms with E-state index in [1.54, 1.807) is 6.07 Å². The number of benzene rings is 9. The van der Waals surface area contributed by atoms with Crippen LogP contribution in [0.2, 0.25) is 0 Å². The molecule has 2 heterocycles. The van der Waals surface area contributed by atoms with Crippen molar-refractivity contribution in [1.82, 2.24) is 14.5 Å². The molecule has 2 aromatic heterocycles. The Morgan fingerprint density at radius 1 is 0.500 bits per heavy atom. The maximum absolute atomic E-state index is 11.6. The van der Waals surface area contributed by atoms with Crippen LogP contribution in [0, 0.1) is 5.92 Å². The minimum atomic E-state index is -1.49. The summed E-state index contributed by atoms with van der Waals surface area (Å²) in [6.45, 7) is 2.31. The van der Waals surface area contributed by atoms with Gasteiger partial charge in [0.15, 0.2) is 0 Å². The summed E-state index contributed by atoms with van der Waals surface area (Å²) in [5.41, 5.74) is 17.0. The summed E-state index contributed by atoms with van der Waals surface area (Å²) < 4.78 is 21.0. The third kappa shape index (κ3) is 8.49. The van der Waals surface area contributed by atoms with Crippen molar-refractivity contribution < 1.29 is 7.85 Å². The van der Waals surface area contributed by atoms with Gasteiger partial charge in [0, 0.05) is 31.0 Å². The Labute approximate surface area is 425 Å². The van der Waals surface area contributed by atoms with Crippen LogP contribution in [0.1, 0.15) is 57.6 Å². The van der Waals surface area contributed by atoms with Gasteiger partial charge >= 0.3 is 0 Å². The molecule has 0 aliphatic heterocycles. The Morgan fingerprint density at radius 2 is 1.08 bits per heavy atom. The van der Waals surface area contributed by atoms with E-state index in [-0.39, 0.29) is 17.1 Å². The van der Waals surface area contributed by atoms with Crippen molar-refractivity contribution in [3.05, 3.63) is 265 Å². The van der Waals surface area contributed by atoms with Crippen molar-refractivity contribution in [3.63, 3.8) is 0 Å². The van der Waals surface area contributed by atoms with Crippen molar-refractivity contribution in [2.75, 3.05) is 0 Å². The van der Waals surface area contributed by atoms with Crippen molar-refractivity contribution in [2.24, 2.45) is 5.92 Å². The molecule has 72 heavy (non-hydrogen) atoms. The van der Waals surface area contributed by atoms with Crippen LogP contribution in [-0.2, 0) is 11.8 Å². The average Bonchev–Trinajstić information content (AvgIpc) is 4.17. The second kappa shape index (κ2) is 19.3. The lowest BCUT2D eigenvalue weighted by Gasteiger charge is -2.32. The Hall–Kier alpha value is -8.60. The molecule has 0 unspecified atom stereocenters. The number of hydrogen-bond acceptors (Lipinski definition) is 3. The third-order valence-electron chi connectivity index (χ3n) is 14.8. The van der Waals surface area contributed by atoms with E-state index in [0.717, 1.165) is 98.2 Å². The van der Waals surface area contributed by atoms with E-state index in [0.29, 0.717) is 17.0 Å². The number of aromatic nitrogens is 3. The summed E-state index contributed by atoms with van der Waals surface area (Å²) in [5, 5.41) is 11.6. The van der Waals surface area contributed by atoms with E-state index in [1.807, 2.05) is 66.9 Å². The number of fused-ring (bicyclic) bond motifs is 1. The third-order valence-corrected chi connectivity index (χ3v) is 14.8. The summed E-state index contributed by atoms with van der Waals surface area (Å²) in [6.07, 6.45) is 4.29. The van der Waals surface area contributed by atoms with E-state index in [9.17, 15) is 7.85 Å². The Balaban J connectivity index is 1.00. The van der Waals surface area contributed by atoms with Crippen molar-refractivity contribution >= 4 is 11.0 Å². The van der Waals surface area contributed by atoms with Gasteiger partial charge in [-0.05, 0) is 136 Å². The molecule has 4 heteroatoms. The van der Waals surface area contributed by atoms with Gasteiger partial charge in [-0.1, -0.05) is 202 Å². The number of para-hydroxylation sites is 2. The molecule has 1 fully saturated rings. The zero-order valence-electron chi connectivity index (χ0n) is 42.3. The molecule has 1 saturated carbocycles. The average molecular weight is 932 g/mol. The zero-order chi connectivity index (χ0) is 50.2. The standard InChI is InChI=1S/C68H55N3O/c1-68(56-25-10-4-11-26-56,57-27-12-5-13-28-57)58-36-34-50(35-37-58)52-39-40-69-62(46-52)55-44-53(49-21-6-2-7-22-49)43-54(45-55)59-30-18-31-64-66(59)70-67(60-29-16-17-32-65(60)72)71(64)63-38-33-48(41-47-19-14-15-20-47)42-61(63)51-23-8-3-9-24-51/h2-13,16-18,21-40,42-47,72H,14-15,19-20,41H2,1H3/i41D2. The molecule has 1 aliphatic rings. The van der Waals surface area contributed by atoms with Gasteiger partial charge in [-0.25, -0.2) is 4.98 Å². The number of imidazole rings is 1. The quantitative estimate of drug-likeness (QED) is 0.124. The van der Waals surface area contributed by atoms with Gasteiger partial charge in [-0.2, -0.15) is 0 Å². The summed E-state index contributed by atoms with van der Waals surface area (Å²) in [4.78, 5) is 10.5. The van der Waals surface area contributed by atoms with E-state index >= 15 is 0 Å². The number of hydrogen-bond donors (Lipinski definition) is 1. The second-order valence-corrected chi connectivity index (χ2v) is 19.2. The highest BCUT2D eigenvalue weighted by Crippen LogP contribution is 2.43. The SMILES string of the molecule is [2H]C([2H])(c1ccc(-n2c(-c3ccccc3O)nc3c(-c4cc(-c5ccccc5)cc(-c5cc(-c6ccc(C(C)(c7ccccc7)c7ccccc7)cc6)ccn5)c4)cccc32)c(-c2ccccc2)c1)C1CCCC1.